The van der Waals surface area contributed by atoms with Gasteiger partial charge in [-0.2, -0.15) is 0 Å². The molecular formula is C17H20N2O2S2. The first kappa shape index (κ1) is 15.4. The second-order valence-corrected chi connectivity index (χ2v) is 9.06. The molecule has 3 aliphatic rings. The van der Waals surface area contributed by atoms with E-state index in [9.17, 15) is 9.59 Å². The minimum absolute atomic E-state index is 0.0893. The van der Waals surface area contributed by atoms with Crippen LogP contribution in [-0.4, -0.2) is 45.7 Å². The average Bonchev–Trinajstić information content (AvgIpc) is 2.94. The summed E-state index contributed by atoms with van der Waals surface area (Å²) in [5.41, 5.74) is 1.00. The number of nitrogens with zero attached hydrogens (tertiary/aromatic N) is 2. The van der Waals surface area contributed by atoms with Gasteiger partial charge in [0.25, 0.3) is 5.91 Å². The molecule has 0 radical (unpaired) electrons. The maximum absolute atomic E-state index is 13.3. The van der Waals surface area contributed by atoms with Crippen molar-refractivity contribution in [3.8, 4) is 0 Å². The molecule has 1 aromatic carbocycles. The van der Waals surface area contributed by atoms with Crippen LogP contribution in [0.5, 0.6) is 0 Å². The Morgan fingerprint density at radius 3 is 3.04 bits per heavy atom. The number of rotatable bonds is 1. The SMILES string of the molecule is C[C@]12CCC(=O)N1[C@@H](C(=O)N1CCCSc3ccccc31)CS2. The van der Waals surface area contributed by atoms with Crippen LogP contribution < -0.4 is 4.90 Å². The minimum Gasteiger partial charge on any atom is -0.315 e. The third-order valence-electron chi connectivity index (χ3n) is 4.94. The van der Waals surface area contributed by atoms with Gasteiger partial charge in [-0.25, -0.2) is 0 Å². The Morgan fingerprint density at radius 1 is 1.35 bits per heavy atom. The highest BCUT2D eigenvalue weighted by Gasteiger charge is 2.53. The fourth-order valence-corrected chi connectivity index (χ4v) is 6.16. The van der Waals surface area contributed by atoms with E-state index in [4.69, 9.17) is 0 Å². The summed E-state index contributed by atoms with van der Waals surface area (Å²) < 4.78 is 0. The Balaban J connectivity index is 1.66. The van der Waals surface area contributed by atoms with Crippen LogP contribution in [0.25, 0.3) is 0 Å². The Bertz CT molecular complexity index is 666. The number of hydrogen-bond donors (Lipinski definition) is 0. The summed E-state index contributed by atoms with van der Waals surface area (Å²) in [6.07, 6.45) is 2.41. The maximum atomic E-state index is 13.3. The summed E-state index contributed by atoms with van der Waals surface area (Å²) in [5, 5.41) is 0. The first-order valence-electron chi connectivity index (χ1n) is 8.09. The molecule has 2 atom stereocenters. The number of para-hydroxylation sites is 1. The minimum atomic E-state index is -0.309. The molecule has 0 saturated carbocycles. The van der Waals surface area contributed by atoms with E-state index in [2.05, 4.69) is 13.0 Å². The van der Waals surface area contributed by atoms with Gasteiger partial charge in [0.15, 0.2) is 0 Å². The molecule has 23 heavy (non-hydrogen) atoms. The fourth-order valence-electron chi connectivity index (χ4n) is 3.74. The lowest BCUT2D eigenvalue weighted by Crippen LogP contribution is -2.51. The van der Waals surface area contributed by atoms with Crippen LogP contribution in [0.15, 0.2) is 29.2 Å². The van der Waals surface area contributed by atoms with Gasteiger partial charge in [-0.05, 0) is 37.7 Å². The van der Waals surface area contributed by atoms with E-state index in [0.717, 1.165) is 30.8 Å². The van der Waals surface area contributed by atoms with Gasteiger partial charge in [0, 0.05) is 23.6 Å². The van der Waals surface area contributed by atoms with Gasteiger partial charge in [-0.15, -0.1) is 23.5 Å². The zero-order chi connectivity index (χ0) is 16.0. The molecule has 2 saturated heterocycles. The van der Waals surface area contributed by atoms with Crippen molar-refractivity contribution < 1.29 is 9.59 Å². The second kappa shape index (κ2) is 5.74. The quantitative estimate of drug-likeness (QED) is 0.782. The second-order valence-electron chi connectivity index (χ2n) is 6.43. The van der Waals surface area contributed by atoms with Crippen molar-refractivity contribution in [1.82, 2.24) is 4.90 Å². The van der Waals surface area contributed by atoms with Crippen molar-refractivity contribution >= 4 is 41.0 Å². The highest BCUT2D eigenvalue weighted by Crippen LogP contribution is 2.48. The molecule has 3 aliphatic heterocycles. The zero-order valence-electron chi connectivity index (χ0n) is 13.2. The van der Waals surface area contributed by atoms with E-state index in [1.165, 1.54) is 4.90 Å². The van der Waals surface area contributed by atoms with Crippen LogP contribution in [0.4, 0.5) is 5.69 Å². The highest BCUT2D eigenvalue weighted by molar-refractivity contribution is 8.01. The summed E-state index contributed by atoms with van der Waals surface area (Å²) in [4.78, 5) is 30.3. The van der Waals surface area contributed by atoms with Gasteiger partial charge in [-0.3, -0.25) is 9.59 Å². The van der Waals surface area contributed by atoms with Gasteiger partial charge in [0.2, 0.25) is 5.91 Å². The third-order valence-corrected chi connectivity index (χ3v) is 7.59. The number of thioether (sulfide) groups is 2. The van der Waals surface area contributed by atoms with Crippen LogP contribution in [0.3, 0.4) is 0 Å². The molecule has 4 rings (SSSR count). The lowest BCUT2D eigenvalue weighted by atomic mass is 10.1. The van der Waals surface area contributed by atoms with Crippen molar-refractivity contribution in [3.63, 3.8) is 0 Å². The molecule has 1 aromatic rings. The summed E-state index contributed by atoms with van der Waals surface area (Å²) in [6, 6.07) is 7.81. The molecule has 3 heterocycles. The molecule has 0 aliphatic carbocycles. The molecule has 2 amide bonds. The fraction of sp³-hybridized carbons (Fsp3) is 0.529. The predicted molar refractivity (Wildman–Crippen MR) is 94.9 cm³/mol. The molecule has 122 valence electrons. The van der Waals surface area contributed by atoms with Gasteiger partial charge in [0.1, 0.15) is 6.04 Å². The van der Waals surface area contributed by atoms with Crippen molar-refractivity contribution in [2.24, 2.45) is 0 Å². The van der Waals surface area contributed by atoms with Gasteiger partial charge in [-0.1, -0.05) is 12.1 Å². The lowest BCUT2D eigenvalue weighted by molar-refractivity contribution is -0.136. The molecule has 4 nitrogen and oxygen atoms in total. The molecule has 2 fully saturated rings. The molecule has 0 spiro atoms. The van der Waals surface area contributed by atoms with Gasteiger partial charge >= 0.3 is 0 Å². The Kier molecular flexibility index (Phi) is 3.84. The normalized spacial score (nSPS) is 30.1. The van der Waals surface area contributed by atoms with E-state index < -0.39 is 0 Å². The zero-order valence-corrected chi connectivity index (χ0v) is 14.8. The van der Waals surface area contributed by atoms with E-state index in [0.29, 0.717) is 12.2 Å². The number of amides is 2. The lowest BCUT2D eigenvalue weighted by Gasteiger charge is -2.33. The number of benzene rings is 1. The van der Waals surface area contributed by atoms with Crippen molar-refractivity contribution in [3.05, 3.63) is 24.3 Å². The number of hydrogen-bond acceptors (Lipinski definition) is 4. The van der Waals surface area contributed by atoms with Crippen molar-refractivity contribution in [2.45, 2.75) is 42.0 Å². The van der Waals surface area contributed by atoms with Crippen LogP contribution in [0.1, 0.15) is 26.2 Å². The Labute approximate surface area is 145 Å². The van der Waals surface area contributed by atoms with Crippen molar-refractivity contribution in [2.75, 3.05) is 23.0 Å². The van der Waals surface area contributed by atoms with E-state index in [1.54, 1.807) is 11.8 Å². The average molecular weight is 348 g/mol. The summed E-state index contributed by atoms with van der Waals surface area (Å²) >= 11 is 3.57. The standard InChI is InChI=1S/C17H20N2O2S2/c1-17-8-7-15(20)19(17)13(11-23-17)16(21)18-9-4-10-22-14-6-3-2-5-12(14)18/h2-3,5-6,13H,4,7-11H2,1H3/t13-,17+/m1/s1. The molecular weight excluding hydrogens is 328 g/mol. The maximum Gasteiger partial charge on any atom is 0.250 e. The molecule has 0 bridgehead atoms. The Hall–Kier alpha value is -1.14. The van der Waals surface area contributed by atoms with Gasteiger partial charge < -0.3 is 9.80 Å². The largest absolute Gasteiger partial charge is 0.315 e. The molecule has 0 N–H and O–H groups in total. The third kappa shape index (κ3) is 2.47. The van der Waals surface area contributed by atoms with Crippen LogP contribution >= 0.6 is 23.5 Å². The van der Waals surface area contributed by atoms with Crippen molar-refractivity contribution in [1.29, 1.82) is 0 Å². The van der Waals surface area contributed by atoms with Crippen LogP contribution in [0.2, 0.25) is 0 Å². The van der Waals surface area contributed by atoms with E-state index in [-0.39, 0.29) is 22.7 Å². The number of carbonyl (C=O) groups is 2. The van der Waals surface area contributed by atoms with Crippen LogP contribution in [-0.2, 0) is 9.59 Å². The smallest absolute Gasteiger partial charge is 0.250 e. The molecule has 0 aromatic heterocycles. The highest BCUT2D eigenvalue weighted by atomic mass is 32.2. The van der Waals surface area contributed by atoms with Gasteiger partial charge in [0.05, 0.1) is 10.6 Å². The summed E-state index contributed by atoms with van der Waals surface area (Å²) in [5.74, 6) is 1.97. The molecule has 0 unspecified atom stereocenters. The number of anilines is 1. The van der Waals surface area contributed by atoms with E-state index >= 15 is 0 Å². The summed E-state index contributed by atoms with van der Waals surface area (Å²) in [6.45, 7) is 2.84. The predicted octanol–water partition coefficient (Wildman–Crippen LogP) is 2.97. The Morgan fingerprint density at radius 2 is 2.17 bits per heavy atom. The summed E-state index contributed by atoms with van der Waals surface area (Å²) in [7, 11) is 0. The first-order chi connectivity index (χ1) is 11.1. The van der Waals surface area contributed by atoms with E-state index in [1.807, 2.05) is 39.8 Å². The monoisotopic (exact) mass is 348 g/mol. The molecule has 6 heteroatoms. The first-order valence-corrected chi connectivity index (χ1v) is 10.1. The number of carbonyl (C=O) groups excluding carboxylic acids is 2. The number of fused-ring (bicyclic) bond motifs is 2. The van der Waals surface area contributed by atoms with Crippen LogP contribution in [0, 0.1) is 0 Å². The topological polar surface area (TPSA) is 40.6 Å².